The monoisotopic (exact) mass is 386 g/mol. The highest BCUT2D eigenvalue weighted by molar-refractivity contribution is 14.1. The molecule has 0 bridgehead atoms. The van der Waals surface area contributed by atoms with Crippen molar-refractivity contribution in [2.45, 2.75) is 6.92 Å². The number of thiophene rings is 1. The lowest BCUT2D eigenvalue weighted by Crippen LogP contribution is -2.13. The van der Waals surface area contributed by atoms with Crippen molar-refractivity contribution in [3.8, 4) is 0 Å². The Hall–Kier alpha value is -1.41. The lowest BCUT2D eigenvalue weighted by atomic mass is 10.1. The molecule has 0 atom stereocenters. The molecule has 0 aliphatic carbocycles. The predicted octanol–water partition coefficient (Wildman–Crippen LogP) is 3.80. The summed E-state index contributed by atoms with van der Waals surface area (Å²) in [6.07, 6.45) is 0. The summed E-state index contributed by atoms with van der Waals surface area (Å²) in [4.78, 5) is 12.1. The smallest absolute Gasteiger partial charge is 0.256 e. The van der Waals surface area contributed by atoms with E-state index < -0.39 is 0 Å². The van der Waals surface area contributed by atoms with Gasteiger partial charge in [0.15, 0.2) is 0 Å². The van der Waals surface area contributed by atoms with Gasteiger partial charge in [-0.05, 0) is 41.6 Å². The van der Waals surface area contributed by atoms with Crippen molar-refractivity contribution in [3.05, 3.63) is 49.7 Å². The predicted molar refractivity (Wildman–Crippen MR) is 85.4 cm³/mol. The van der Waals surface area contributed by atoms with Gasteiger partial charge in [-0.3, -0.25) is 4.79 Å². The molecule has 1 aromatic carbocycles. The molecule has 6 heteroatoms. The van der Waals surface area contributed by atoms with Crippen molar-refractivity contribution in [2.24, 2.45) is 5.16 Å². The van der Waals surface area contributed by atoms with Crippen molar-refractivity contribution in [3.63, 3.8) is 0 Å². The zero-order valence-corrected chi connectivity index (χ0v) is 13.0. The highest BCUT2D eigenvalue weighted by atomic mass is 127. The number of rotatable bonds is 3. The molecule has 1 aromatic heterocycles. The molecular weight excluding hydrogens is 375 g/mol. The van der Waals surface area contributed by atoms with Gasteiger partial charge in [0.25, 0.3) is 5.91 Å². The van der Waals surface area contributed by atoms with Crippen LogP contribution in [0.5, 0.6) is 0 Å². The highest BCUT2D eigenvalue weighted by Gasteiger charge is 2.11. The van der Waals surface area contributed by atoms with Crippen molar-refractivity contribution in [2.75, 3.05) is 5.32 Å². The fourth-order valence-electron chi connectivity index (χ4n) is 1.59. The van der Waals surface area contributed by atoms with E-state index in [2.05, 4.69) is 33.1 Å². The minimum Gasteiger partial charge on any atom is -0.411 e. The number of nitrogens with zero attached hydrogens (tertiary/aromatic N) is 1. The van der Waals surface area contributed by atoms with Gasteiger partial charge in [0.1, 0.15) is 0 Å². The van der Waals surface area contributed by atoms with Gasteiger partial charge in [-0.2, -0.15) is 0 Å². The molecule has 19 heavy (non-hydrogen) atoms. The van der Waals surface area contributed by atoms with Gasteiger partial charge in [-0.1, -0.05) is 23.4 Å². The van der Waals surface area contributed by atoms with E-state index in [0.29, 0.717) is 22.5 Å². The molecule has 4 nitrogen and oxygen atoms in total. The Bertz CT molecular complexity index is 637. The van der Waals surface area contributed by atoms with Crippen LogP contribution in [-0.2, 0) is 0 Å². The van der Waals surface area contributed by atoms with E-state index in [1.807, 2.05) is 23.6 Å². The molecule has 1 amide bonds. The number of hydrogen-bond acceptors (Lipinski definition) is 4. The van der Waals surface area contributed by atoms with E-state index in [-0.39, 0.29) is 5.91 Å². The Labute approximate surface area is 128 Å². The third-order valence-electron chi connectivity index (χ3n) is 2.54. The van der Waals surface area contributed by atoms with E-state index in [1.54, 1.807) is 19.1 Å². The number of halogens is 1. The van der Waals surface area contributed by atoms with E-state index in [1.165, 1.54) is 11.3 Å². The standard InChI is InChI=1S/C13H11IN2O2S/c1-8(16-18)10-4-2-3-5-11(10)15-13(17)9-6-12(14)19-7-9/h2-7,18H,1H3,(H,15,17). The van der Waals surface area contributed by atoms with Crippen LogP contribution in [0.2, 0.25) is 0 Å². The second kappa shape index (κ2) is 6.16. The Morgan fingerprint density at radius 2 is 2.16 bits per heavy atom. The van der Waals surface area contributed by atoms with E-state index in [4.69, 9.17) is 5.21 Å². The lowest BCUT2D eigenvalue weighted by Gasteiger charge is -2.09. The Morgan fingerprint density at radius 3 is 2.79 bits per heavy atom. The van der Waals surface area contributed by atoms with Gasteiger partial charge in [-0.25, -0.2) is 0 Å². The first-order valence-electron chi connectivity index (χ1n) is 5.45. The van der Waals surface area contributed by atoms with Gasteiger partial charge in [0, 0.05) is 10.9 Å². The summed E-state index contributed by atoms with van der Waals surface area (Å²) in [6, 6.07) is 9.05. The van der Waals surface area contributed by atoms with Crippen molar-refractivity contribution in [1.29, 1.82) is 0 Å². The fourth-order valence-corrected chi connectivity index (χ4v) is 2.91. The zero-order chi connectivity index (χ0) is 13.8. The average molecular weight is 386 g/mol. The Morgan fingerprint density at radius 1 is 1.42 bits per heavy atom. The summed E-state index contributed by atoms with van der Waals surface area (Å²) < 4.78 is 1.06. The SMILES string of the molecule is CC(=NO)c1ccccc1NC(=O)c1csc(I)c1. The molecule has 0 saturated carbocycles. The first-order valence-corrected chi connectivity index (χ1v) is 7.41. The van der Waals surface area contributed by atoms with Crippen LogP contribution in [0.15, 0.2) is 40.9 Å². The summed E-state index contributed by atoms with van der Waals surface area (Å²) >= 11 is 3.70. The second-order valence-corrected chi connectivity index (χ2v) is 6.63. The summed E-state index contributed by atoms with van der Waals surface area (Å²) in [7, 11) is 0. The first-order chi connectivity index (χ1) is 9.11. The quantitative estimate of drug-likeness (QED) is 0.365. The van der Waals surface area contributed by atoms with Gasteiger partial charge in [0.05, 0.1) is 19.8 Å². The maximum absolute atomic E-state index is 12.1. The van der Waals surface area contributed by atoms with Crippen molar-refractivity contribution < 1.29 is 10.0 Å². The highest BCUT2D eigenvalue weighted by Crippen LogP contribution is 2.20. The third kappa shape index (κ3) is 3.32. The number of carbonyl (C=O) groups excluding carboxylic acids is 1. The van der Waals surface area contributed by atoms with Crippen LogP contribution >= 0.6 is 33.9 Å². The van der Waals surface area contributed by atoms with Crippen molar-refractivity contribution >= 4 is 51.2 Å². The van der Waals surface area contributed by atoms with Crippen LogP contribution < -0.4 is 5.32 Å². The Balaban J connectivity index is 2.27. The zero-order valence-electron chi connectivity index (χ0n) is 10.1. The van der Waals surface area contributed by atoms with Gasteiger partial charge in [-0.15, -0.1) is 11.3 Å². The molecule has 0 unspecified atom stereocenters. The normalized spacial score (nSPS) is 11.4. The maximum atomic E-state index is 12.1. The minimum atomic E-state index is -0.169. The second-order valence-electron chi connectivity index (χ2n) is 3.82. The molecule has 0 aliphatic heterocycles. The number of benzene rings is 1. The average Bonchev–Trinajstić information content (AvgIpc) is 2.85. The number of anilines is 1. The van der Waals surface area contributed by atoms with Crippen molar-refractivity contribution in [1.82, 2.24) is 0 Å². The lowest BCUT2D eigenvalue weighted by molar-refractivity contribution is 0.102. The van der Waals surface area contributed by atoms with Crippen LogP contribution in [0.4, 0.5) is 5.69 Å². The Kier molecular flexibility index (Phi) is 4.54. The van der Waals surface area contributed by atoms with Crippen LogP contribution in [-0.4, -0.2) is 16.8 Å². The molecule has 2 rings (SSSR count). The number of nitrogens with one attached hydrogen (secondary N) is 1. The molecule has 0 saturated heterocycles. The number of oxime groups is 1. The van der Waals surface area contributed by atoms with E-state index >= 15 is 0 Å². The molecule has 1 heterocycles. The largest absolute Gasteiger partial charge is 0.411 e. The molecule has 0 aliphatic rings. The summed E-state index contributed by atoms with van der Waals surface area (Å²) in [5, 5.41) is 16.7. The molecule has 0 radical (unpaired) electrons. The first kappa shape index (κ1) is 14.0. The van der Waals surface area contributed by atoms with Crippen LogP contribution in [0.1, 0.15) is 22.8 Å². The molecule has 98 valence electrons. The van der Waals surface area contributed by atoms with E-state index in [0.717, 1.165) is 2.88 Å². The molecule has 0 spiro atoms. The molecule has 2 aromatic rings. The molecule has 2 N–H and O–H groups in total. The number of amides is 1. The van der Waals surface area contributed by atoms with E-state index in [9.17, 15) is 4.79 Å². The molecule has 0 fully saturated rings. The number of para-hydroxylation sites is 1. The van der Waals surface area contributed by atoms with Crippen LogP contribution in [0.25, 0.3) is 0 Å². The minimum absolute atomic E-state index is 0.169. The third-order valence-corrected chi connectivity index (χ3v) is 4.33. The molecular formula is C13H11IN2O2S. The van der Waals surface area contributed by atoms with Crippen LogP contribution in [0, 0.1) is 2.88 Å². The maximum Gasteiger partial charge on any atom is 0.256 e. The van der Waals surface area contributed by atoms with Gasteiger partial charge in [0.2, 0.25) is 0 Å². The topological polar surface area (TPSA) is 61.7 Å². The van der Waals surface area contributed by atoms with Crippen LogP contribution in [0.3, 0.4) is 0 Å². The van der Waals surface area contributed by atoms with Gasteiger partial charge >= 0.3 is 0 Å². The fraction of sp³-hybridized carbons (Fsp3) is 0.0769. The summed E-state index contributed by atoms with van der Waals surface area (Å²) in [6.45, 7) is 1.68. The summed E-state index contributed by atoms with van der Waals surface area (Å²) in [5.74, 6) is -0.169. The summed E-state index contributed by atoms with van der Waals surface area (Å²) in [5.41, 5.74) is 2.41. The van der Waals surface area contributed by atoms with Gasteiger partial charge < -0.3 is 10.5 Å². The number of carbonyl (C=O) groups is 1. The number of hydrogen-bond donors (Lipinski definition) is 2.